The number of anilines is 1. The molecule has 0 saturated heterocycles. The highest BCUT2D eigenvalue weighted by Crippen LogP contribution is 2.36. The summed E-state index contributed by atoms with van der Waals surface area (Å²) in [5.74, 6) is 0.505. The summed E-state index contributed by atoms with van der Waals surface area (Å²) in [6, 6.07) is 14.6. The molecule has 0 aliphatic carbocycles. The Bertz CT molecular complexity index is 1340. The molecule has 0 saturated carbocycles. The average molecular weight is 519 g/mol. The minimum atomic E-state index is -0.380. The lowest BCUT2D eigenvalue weighted by Crippen LogP contribution is -2.12. The molecule has 6 nitrogen and oxygen atoms in total. The second-order valence-corrected chi connectivity index (χ2v) is 9.15. The molecule has 2 heterocycles. The van der Waals surface area contributed by atoms with Crippen LogP contribution in [0.5, 0.6) is 5.75 Å². The van der Waals surface area contributed by atoms with Gasteiger partial charge in [0.15, 0.2) is 11.5 Å². The van der Waals surface area contributed by atoms with Crippen LogP contribution in [0, 0.1) is 20.8 Å². The van der Waals surface area contributed by atoms with Gasteiger partial charge in [0.25, 0.3) is 5.91 Å². The largest absolute Gasteiger partial charge is 0.483 e. The molecule has 0 atom stereocenters. The summed E-state index contributed by atoms with van der Waals surface area (Å²) in [4.78, 5) is 12.8. The van der Waals surface area contributed by atoms with Gasteiger partial charge in [-0.25, -0.2) is 0 Å². The van der Waals surface area contributed by atoms with E-state index in [-0.39, 0.29) is 28.3 Å². The van der Waals surface area contributed by atoms with Crippen molar-refractivity contribution in [2.24, 2.45) is 0 Å². The van der Waals surface area contributed by atoms with Gasteiger partial charge in [0.2, 0.25) is 0 Å². The van der Waals surface area contributed by atoms with Crippen molar-refractivity contribution in [3.8, 4) is 5.75 Å². The predicted molar refractivity (Wildman–Crippen MR) is 134 cm³/mol. The van der Waals surface area contributed by atoms with Crippen LogP contribution >= 0.6 is 34.8 Å². The van der Waals surface area contributed by atoms with Crippen LogP contribution in [0.15, 0.2) is 52.9 Å². The van der Waals surface area contributed by atoms with Crippen molar-refractivity contribution >= 4 is 46.4 Å². The minimum absolute atomic E-state index is 0.0425. The summed E-state index contributed by atoms with van der Waals surface area (Å²) in [7, 11) is 0. The number of halogens is 3. The molecule has 0 aliphatic heterocycles. The number of aryl methyl sites for hydroxylation is 2. The van der Waals surface area contributed by atoms with Crippen LogP contribution in [0.3, 0.4) is 0 Å². The molecule has 0 fully saturated rings. The second-order valence-electron chi connectivity index (χ2n) is 7.90. The maximum atomic E-state index is 12.8. The number of nitrogens with one attached hydrogen (secondary N) is 1. The molecule has 4 aromatic rings. The van der Waals surface area contributed by atoms with Gasteiger partial charge >= 0.3 is 0 Å². The van der Waals surface area contributed by atoms with E-state index in [1.807, 2.05) is 24.6 Å². The van der Waals surface area contributed by atoms with Gasteiger partial charge in [-0.3, -0.25) is 9.48 Å². The van der Waals surface area contributed by atoms with Gasteiger partial charge in [0.05, 0.1) is 33.7 Å². The highest BCUT2D eigenvalue weighted by atomic mass is 35.5. The Balaban J connectivity index is 1.43. The molecule has 0 aliphatic rings. The van der Waals surface area contributed by atoms with E-state index in [9.17, 15) is 4.79 Å². The molecule has 0 radical (unpaired) electrons. The quantitative estimate of drug-likeness (QED) is 0.280. The van der Waals surface area contributed by atoms with E-state index >= 15 is 0 Å². The fourth-order valence-electron chi connectivity index (χ4n) is 3.58. The summed E-state index contributed by atoms with van der Waals surface area (Å²) >= 11 is 18.2. The Morgan fingerprint density at radius 3 is 2.50 bits per heavy atom. The number of nitrogens with zero attached hydrogens (tertiary/aromatic N) is 2. The van der Waals surface area contributed by atoms with Crippen LogP contribution in [-0.2, 0) is 13.2 Å². The van der Waals surface area contributed by atoms with Crippen molar-refractivity contribution in [1.82, 2.24) is 9.78 Å². The maximum absolute atomic E-state index is 12.8. The third-order valence-electron chi connectivity index (χ3n) is 5.24. The molecule has 0 spiro atoms. The second kappa shape index (κ2) is 10.1. The van der Waals surface area contributed by atoms with Crippen molar-refractivity contribution < 1.29 is 13.9 Å². The van der Waals surface area contributed by atoms with Crippen molar-refractivity contribution in [2.75, 3.05) is 5.32 Å². The number of carbonyl (C=O) groups excluding carboxylic acids is 1. The SMILES string of the molecule is Cc1cccc(Cn2nc(C)c(NC(=O)c3ccc(COc4c(Cl)cc(Cl)cc4Cl)o3)c2C)c1. The third-order valence-corrected chi connectivity index (χ3v) is 6.02. The van der Waals surface area contributed by atoms with Crippen LogP contribution in [0.4, 0.5) is 5.69 Å². The number of ether oxygens (including phenoxy) is 1. The summed E-state index contributed by atoms with van der Waals surface area (Å²) in [6.07, 6.45) is 0. The zero-order valence-corrected chi connectivity index (χ0v) is 21.1. The number of carbonyl (C=O) groups is 1. The zero-order chi connectivity index (χ0) is 24.4. The lowest BCUT2D eigenvalue weighted by atomic mass is 10.1. The number of aromatic nitrogens is 2. The zero-order valence-electron chi connectivity index (χ0n) is 18.8. The Kier molecular flexibility index (Phi) is 7.22. The fourth-order valence-corrected chi connectivity index (χ4v) is 4.50. The highest BCUT2D eigenvalue weighted by molar-refractivity contribution is 6.40. The summed E-state index contributed by atoms with van der Waals surface area (Å²) in [5, 5.41) is 8.48. The van der Waals surface area contributed by atoms with Crippen molar-refractivity contribution in [1.29, 1.82) is 0 Å². The lowest BCUT2D eigenvalue weighted by molar-refractivity contribution is 0.0992. The van der Waals surface area contributed by atoms with Crippen LogP contribution in [-0.4, -0.2) is 15.7 Å². The Morgan fingerprint density at radius 2 is 1.79 bits per heavy atom. The molecule has 1 amide bonds. The standard InChI is InChI=1S/C25H22Cl3N3O3/c1-14-5-4-6-17(9-14)12-31-16(3)23(15(2)30-31)29-25(32)22-8-7-19(34-22)13-33-24-20(27)10-18(26)11-21(24)28/h4-11H,12-13H2,1-3H3,(H,29,32). The highest BCUT2D eigenvalue weighted by Gasteiger charge is 2.18. The monoisotopic (exact) mass is 517 g/mol. The minimum Gasteiger partial charge on any atom is -0.483 e. The Morgan fingerprint density at radius 1 is 1.06 bits per heavy atom. The Hall–Kier alpha value is -2.93. The van der Waals surface area contributed by atoms with Gasteiger partial charge in [-0.05, 0) is 50.6 Å². The third kappa shape index (κ3) is 5.41. The molecule has 0 bridgehead atoms. The first-order chi connectivity index (χ1) is 16.2. The number of hydrogen-bond acceptors (Lipinski definition) is 4. The van der Waals surface area contributed by atoms with Gasteiger partial charge in [0, 0.05) is 5.02 Å². The number of rotatable bonds is 7. The molecule has 1 N–H and O–H groups in total. The van der Waals surface area contributed by atoms with E-state index in [0.717, 1.165) is 17.0 Å². The molecular formula is C25H22Cl3N3O3. The first-order valence-corrected chi connectivity index (χ1v) is 11.6. The van der Waals surface area contributed by atoms with Crippen molar-refractivity contribution in [3.05, 3.63) is 97.6 Å². The van der Waals surface area contributed by atoms with Crippen LogP contribution in [0.1, 0.15) is 38.8 Å². The average Bonchev–Trinajstić information content (AvgIpc) is 3.34. The van der Waals surface area contributed by atoms with Gasteiger partial charge < -0.3 is 14.5 Å². The summed E-state index contributed by atoms with van der Waals surface area (Å²) in [6.45, 7) is 6.49. The van der Waals surface area contributed by atoms with E-state index in [2.05, 4.69) is 35.5 Å². The van der Waals surface area contributed by atoms with Gasteiger partial charge in [-0.15, -0.1) is 0 Å². The predicted octanol–water partition coefficient (Wildman–Crippen LogP) is 7.24. The molecular weight excluding hydrogens is 497 g/mol. The summed E-state index contributed by atoms with van der Waals surface area (Å²) < 4.78 is 13.2. The maximum Gasteiger partial charge on any atom is 0.291 e. The molecule has 4 rings (SSSR count). The van der Waals surface area contributed by atoms with Gasteiger partial charge in [-0.2, -0.15) is 5.10 Å². The topological polar surface area (TPSA) is 69.3 Å². The number of benzene rings is 2. The van der Waals surface area contributed by atoms with Gasteiger partial charge in [-0.1, -0.05) is 64.6 Å². The first kappa shape index (κ1) is 24.2. The summed E-state index contributed by atoms with van der Waals surface area (Å²) in [5.41, 5.74) is 4.56. The van der Waals surface area contributed by atoms with Crippen molar-refractivity contribution in [2.45, 2.75) is 33.9 Å². The van der Waals surface area contributed by atoms with E-state index in [1.165, 1.54) is 17.7 Å². The van der Waals surface area contributed by atoms with Crippen LogP contribution < -0.4 is 10.1 Å². The molecule has 34 heavy (non-hydrogen) atoms. The molecule has 0 unspecified atom stereocenters. The first-order valence-electron chi connectivity index (χ1n) is 10.5. The van der Waals surface area contributed by atoms with Crippen LogP contribution in [0.2, 0.25) is 15.1 Å². The molecule has 2 aromatic heterocycles. The molecule has 176 valence electrons. The van der Waals surface area contributed by atoms with E-state index < -0.39 is 0 Å². The number of furan rings is 1. The number of hydrogen-bond donors (Lipinski definition) is 1. The normalized spacial score (nSPS) is 11.0. The van der Waals surface area contributed by atoms with E-state index in [4.69, 9.17) is 44.0 Å². The molecule has 2 aromatic carbocycles. The lowest BCUT2D eigenvalue weighted by Gasteiger charge is -2.09. The van der Waals surface area contributed by atoms with Gasteiger partial charge in [0.1, 0.15) is 12.4 Å². The smallest absolute Gasteiger partial charge is 0.291 e. The molecule has 9 heteroatoms. The number of amides is 1. The van der Waals surface area contributed by atoms with E-state index in [1.54, 1.807) is 12.1 Å². The van der Waals surface area contributed by atoms with Crippen LogP contribution in [0.25, 0.3) is 0 Å². The van der Waals surface area contributed by atoms with Crippen molar-refractivity contribution in [3.63, 3.8) is 0 Å². The Labute approximate surface area is 212 Å². The fraction of sp³-hybridized carbons (Fsp3) is 0.200. The van der Waals surface area contributed by atoms with E-state index in [0.29, 0.717) is 28.8 Å².